The van der Waals surface area contributed by atoms with E-state index in [-0.39, 0.29) is 11.5 Å². The van der Waals surface area contributed by atoms with Crippen molar-refractivity contribution in [2.75, 3.05) is 11.1 Å². The first-order valence-electron chi connectivity index (χ1n) is 6.12. The number of carbonyl (C=O) groups is 3. The van der Waals surface area contributed by atoms with E-state index < -0.39 is 11.8 Å². The maximum Gasteiger partial charge on any atom is 0.265 e. The molecular weight excluding hydrogens is 290 g/mol. The minimum Gasteiger partial charge on any atom is -0.398 e. The number of carbonyl (C=O) groups excluding carboxylic acids is 3. The molecule has 0 spiro atoms. The van der Waals surface area contributed by atoms with Crippen molar-refractivity contribution < 1.29 is 14.4 Å². The molecule has 0 fully saturated rings. The lowest BCUT2D eigenvalue weighted by atomic mass is 10.1. The molecule has 0 saturated carbocycles. The molecule has 2 aromatic rings. The van der Waals surface area contributed by atoms with Crippen LogP contribution >= 0.6 is 11.3 Å². The van der Waals surface area contributed by atoms with Gasteiger partial charge in [-0.25, -0.2) is 0 Å². The molecule has 1 aliphatic heterocycles. The summed E-state index contributed by atoms with van der Waals surface area (Å²) in [5, 5.41) is 4.89. The Morgan fingerprint density at radius 3 is 2.57 bits per heavy atom. The number of thiophene rings is 1. The van der Waals surface area contributed by atoms with Gasteiger partial charge in [-0.3, -0.25) is 19.7 Å². The largest absolute Gasteiger partial charge is 0.398 e. The third kappa shape index (κ3) is 2.27. The first kappa shape index (κ1) is 13.3. The standard InChI is InChI=1S/C14H11N3O3S/c1-6-10(15)5-11(21-6)14(20)16-7-2-3-8-9(4-7)13(19)17-12(8)18/h2-5H,15H2,1H3,(H,16,20)(H,17,18,19). The van der Waals surface area contributed by atoms with Crippen molar-refractivity contribution in [1.29, 1.82) is 0 Å². The average Bonchev–Trinajstić information content (AvgIpc) is 2.91. The highest BCUT2D eigenvalue weighted by Gasteiger charge is 2.26. The highest BCUT2D eigenvalue weighted by Crippen LogP contribution is 2.25. The molecule has 0 atom stereocenters. The minimum atomic E-state index is -0.456. The zero-order valence-corrected chi connectivity index (χ0v) is 11.8. The molecule has 21 heavy (non-hydrogen) atoms. The van der Waals surface area contributed by atoms with Crippen molar-refractivity contribution in [2.45, 2.75) is 6.92 Å². The van der Waals surface area contributed by atoms with E-state index in [1.54, 1.807) is 12.1 Å². The molecule has 1 aromatic heterocycles. The summed E-state index contributed by atoms with van der Waals surface area (Å²) >= 11 is 1.30. The number of benzene rings is 1. The normalized spacial score (nSPS) is 13.0. The number of rotatable bonds is 2. The third-order valence-electron chi connectivity index (χ3n) is 3.17. The lowest BCUT2D eigenvalue weighted by Gasteiger charge is -2.04. The summed E-state index contributed by atoms with van der Waals surface area (Å²) in [4.78, 5) is 36.5. The molecule has 1 aromatic carbocycles. The summed E-state index contributed by atoms with van der Waals surface area (Å²) in [5.41, 5.74) is 7.32. The van der Waals surface area contributed by atoms with Gasteiger partial charge in [-0.2, -0.15) is 0 Å². The van der Waals surface area contributed by atoms with E-state index in [1.165, 1.54) is 23.5 Å². The van der Waals surface area contributed by atoms with Gasteiger partial charge in [0.05, 0.1) is 16.0 Å². The van der Waals surface area contributed by atoms with Crippen molar-refractivity contribution >= 4 is 40.4 Å². The second kappa shape index (κ2) is 4.71. The summed E-state index contributed by atoms with van der Waals surface area (Å²) < 4.78 is 0. The van der Waals surface area contributed by atoms with E-state index in [1.807, 2.05) is 6.92 Å². The van der Waals surface area contributed by atoms with Crippen molar-refractivity contribution in [2.24, 2.45) is 0 Å². The Morgan fingerprint density at radius 2 is 1.90 bits per heavy atom. The second-order valence-electron chi connectivity index (χ2n) is 4.62. The number of imide groups is 1. The van der Waals surface area contributed by atoms with Gasteiger partial charge < -0.3 is 11.1 Å². The van der Waals surface area contributed by atoms with Crippen molar-refractivity contribution in [3.8, 4) is 0 Å². The first-order chi connectivity index (χ1) is 9.95. The van der Waals surface area contributed by atoms with Crippen molar-refractivity contribution in [1.82, 2.24) is 5.32 Å². The molecule has 0 aliphatic carbocycles. The van der Waals surface area contributed by atoms with E-state index in [0.717, 1.165) is 4.88 Å². The fraction of sp³-hybridized carbons (Fsp3) is 0.0714. The zero-order chi connectivity index (χ0) is 15.1. The van der Waals surface area contributed by atoms with Crippen LogP contribution in [-0.4, -0.2) is 17.7 Å². The lowest BCUT2D eigenvalue weighted by molar-refractivity contribution is 0.0878. The van der Waals surface area contributed by atoms with Crippen LogP contribution in [0, 0.1) is 6.92 Å². The van der Waals surface area contributed by atoms with Gasteiger partial charge in [0.1, 0.15) is 0 Å². The quantitative estimate of drug-likeness (QED) is 0.736. The van der Waals surface area contributed by atoms with E-state index in [9.17, 15) is 14.4 Å². The van der Waals surface area contributed by atoms with Gasteiger partial charge in [0.15, 0.2) is 0 Å². The number of amides is 3. The number of nitrogen functional groups attached to an aromatic ring is 1. The molecule has 4 N–H and O–H groups in total. The molecular formula is C14H11N3O3S. The number of anilines is 2. The molecule has 7 heteroatoms. The maximum absolute atomic E-state index is 12.1. The van der Waals surface area contributed by atoms with Crippen LogP contribution in [0.4, 0.5) is 11.4 Å². The summed E-state index contributed by atoms with van der Waals surface area (Å²) in [6.45, 7) is 1.84. The Bertz CT molecular complexity index is 775. The van der Waals surface area contributed by atoms with Crippen LogP contribution in [0.3, 0.4) is 0 Å². The predicted octanol–water partition coefficient (Wildman–Crippen LogP) is 1.77. The smallest absolute Gasteiger partial charge is 0.265 e. The lowest BCUT2D eigenvalue weighted by Crippen LogP contribution is -2.19. The Labute approximate surface area is 124 Å². The number of fused-ring (bicyclic) bond motifs is 1. The molecule has 0 unspecified atom stereocenters. The van der Waals surface area contributed by atoms with Gasteiger partial charge in [-0.05, 0) is 31.2 Å². The van der Waals surface area contributed by atoms with Crippen LogP contribution < -0.4 is 16.4 Å². The van der Waals surface area contributed by atoms with Crippen LogP contribution in [0.25, 0.3) is 0 Å². The molecule has 3 amide bonds. The molecule has 2 heterocycles. The van der Waals surface area contributed by atoms with Crippen LogP contribution in [0.5, 0.6) is 0 Å². The highest BCUT2D eigenvalue weighted by atomic mass is 32.1. The predicted molar refractivity (Wildman–Crippen MR) is 79.7 cm³/mol. The van der Waals surface area contributed by atoms with Gasteiger partial charge >= 0.3 is 0 Å². The monoisotopic (exact) mass is 301 g/mol. The molecule has 106 valence electrons. The number of nitrogens with one attached hydrogen (secondary N) is 2. The first-order valence-corrected chi connectivity index (χ1v) is 6.94. The molecule has 3 rings (SSSR count). The number of hydrogen-bond donors (Lipinski definition) is 3. The van der Waals surface area contributed by atoms with E-state index in [2.05, 4.69) is 10.6 Å². The van der Waals surface area contributed by atoms with E-state index in [0.29, 0.717) is 21.8 Å². The summed E-state index contributed by atoms with van der Waals surface area (Å²) in [7, 11) is 0. The van der Waals surface area contributed by atoms with Gasteiger partial charge in [0, 0.05) is 16.3 Å². The fourth-order valence-corrected chi connectivity index (χ4v) is 2.88. The third-order valence-corrected chi connectivity index (χ3v) is 4.24. The molecule has 1 aliphatic rings. The van der Waals surface area contributed by atoms with Crippen LogP contribution in [0.2, 0.25) is 0 Å². The number of hydrogen-bond acceptors (Lipinski definition) is 5. The van der Waals surface area contributed by atoms with Gasteiger partial charge in [-0.15, -0.1) is 11.3 Å². The van der Waals surface area contributed by atoms with Crippen LogP contribution in [-0.2, 0) is 0 Å². The van der Waals surface area contributed by atoms with Crippen LogP contribution in [0.15, 0.2) is 24.3 Å². The Kier molecular flexibility index (Phi) is 2.99. The average molecular weight is 301 g/mol. The molecule has 0 bridgehead atoms. The van der Waals surface area contributed by atoms with Crippen molar-refractivity contribution in [3.63, 3.8) is 0 Å². The fourth-order valence-electron chi connectivity index (χ4n) is 2.05. The molecule has 0 saturated heterocycles. The van der Waals surface area contributed by atoms with Gasteiger partial charge in [-0.1, -0.05) is 0 Å². The SMILES string of the molecule is Cc1sc(C(=O)Nc2ccc3c(c2)C(=O)NC3=O)cc1N. The molecule has 6 nitrogen and oxygen atoms in total. The zero-order valence-electron chi connectivity index (χ0n) is 11.0. The summed E-state index contributed by atoms with van der Waals surface area (Å²) in [6, 6.07) is 6.19. The van der Waals surface area contributed by atoms with Gasteiger partial charge in [0.2, 0.25) is 0 Å². The summed E-state index contributed by atoms with van der Waals surface area (Å²) in [5.74, 6) is -1.18. The van der Waals surface area contributed by atoms with E-state index >= 15 is 0 Å². The van der Waals surface area contributed by atoms with Crippen molar-refractivity contribution in [3.05, 3.63) is 45.1 Å². The number of nitrogens with two attached hydrogens (primary N) is 1. The summed E-state index contributed by atoms with van der Waals surface area (Å²) in [6.07, 6.45) is 0. The second-order valence-corrected chi connectivity index (χ2v) is 5.88. The van der Waals surface area contributed by atoms with Crippen LogP contribution in [0.1, 0.15) is 35.3 Å². The topological polar surface area (TPSA) is 101 Å². The van der Waals surface area contributed by atoms with Gasteiger partial charge in [0.25, 0.3) is 17.7 Å². The Hall–Kier alpha value is -2.67. The minimum absolute atomic E-state index is 0.264. The highest BCUT2D eigenvalue weighted by molar-refractivity contribution is 7.14. The van der Waals surface area contributed by atoms with E-state index in [4.69, 9.17) is 5.73 Å². The molecule has 0 radical (unpaired) electrons. The Balaban J connectivity index is 1.86. The maximum atomic E-state index is 12.1. The Morgan fingerprint density at radius 1 is 1.19 bits per heavy atom. The number of aryl methyl sites for hydroxylation is 1.